The molecule has 4 aliphatic rings. The predicted molar refractivity (Wildman–Crippen MR) is 137 cm³/mol. The summed E-state index contributed by atoms with van der Waals surface area (Å²) in [7, 11) is 3.88. The van der Waals surface area contributed by atoms with Gasteiger partial charge in [-0.15, -0.1) is 0 Å². The summed E-state index contributed by atoms with van der Waals surface area (Å²) in [6.45, 7) is 7.01. The lowest BCUT2D eigenvalue weighted by Crippen LogP contribution is -2.79. The molecule has 6 atom stereocenters. The van der Waals surface area contributed by atoms with Crippen molar-refractivity contribution in [1.82, 2.24) is 9.80 Å². The van der Waals surface area contributed by atoms with Crippen LogP contribution in [0.3, 0.4) is 0 Å². The van der Waals surface area contributed by atoms with E-state index in [0.717, 1.165) is 35.2 Å². The number of rotatable bonds is 1. The maximum atomic E-state index is 13.4. The van der Waals surface area contributed by atoms with Crippen LogP contribution in [-0.2, 0) is 16.6 Å². The Morgan fingerprint density at radius 3 is 2.75 bits per heavy atom. The van der Waals surface area contributed by atoms with Gasteiger partial charge < -0.3 is 24.7 Å². The van der Waals surface area contributed by atoms with Crippen molar-refractivity contribution in [1.29, 1.82) is 0 Å². The molecule has 0 unspecified atom stereocenters. The van der Waals surface area contributed by atoms with Crippen LogP contribution < -0.4 is 4.74 Å². The fourth-order valence-corrected chi connectivity index (χ4v) is 7.75. The molecule has 1 saturated heterocycles. The number of hydrogen-bond acceptors (Lipinski definition) is 5. The highest BCUT2D eigenvalue weighted by Crippen LogP contribution is 2.66. The number of aromatic hydroxyl groups is 1. The first-order valence-electron chi connectivity index (χ1n) is 12.9. The number of hydrogen-bond donors (Lipinski definition) is 2. The molecule has 1 saturated carbocycles. The molecule has 2 heterocycles. The summed E-state index contributed by atoms with van der Waals surface area (Å²) < 4.78 is 6.59. The van der Waals surface area contributed by atoms with E-state index in [2.05, 4.69) is 37.6 Å². The first-order chi connectivity index (χ1) is 17.1. The molecule has 6 heteroatoms. The van der Waals surface area contributed by atoms with Crippen molar-refractivity contribution >= 4 is 5.91 Å². The van der Waals surface area contributed by atoms with Crippen molar-refractivity contribution in [2.24, 2.45) is 5.92 Å². The van der Waals surface area contributed by atoms with Crippen LogP contribution in [0.4, 0.5) is 0 Å². The zero-order valence-electron chi connectivity index (χ0n) is 21.6. The monoisotopic (exact) mass is 486 g/mol. The highest BCUT2D eigenvalue weighted by Gasteiger charge is 2.74. The summed E-state index contributed by atoms with van der Waals surface area (Å²) in [5.74, 6) is 6.19. The van der Waals surface area contributed by atoms with E-state index < -0.39 is 17.1 Å². The van der Waals surface area contributed by atoms with Crippen molar-refractivity contribution in [2.45, 2.75) is 69.2 Å². The van der Waals surface area contributed by atoms with Crippen LogP contribution in [0.1, 0.15) is 47.6 Å². The second kappa shape index (κ2) is 7.74. The number of aliphatic hydroxyl groups is 1. The zero-order valence-corrected chi connectivity index (χ0v) is 21.6. The summed E-state index contributed by atoms with van der Waals surface area (Å²) in [6, 6.07) is 9.31. The molecule has 0 aromatic heterocycles. The number of phenolic OH excluding ortho intramolecular Hbond substituents is 1. The van der Waals surface area contributed by atoms with E-state index in [1.807, 2.05) is 31.2 Å². The van der Waals surface area contributed by atoms with E-state index in [4.69, 9.17) is 4.74 Å². The first-order valence-corrected chi connectivity index (χ1v) is 12.9. The maximum Gasteiger partial charge on any atom is 0.298 e. The largest absolute Gasteiger partial charge is 0.504 e. The molecule has 6 rings (SSSR count). The molecule has 2 bridgehead atoms. The topological polar surface area (TPSA) is 73.2 Å². The molecule has 2 aromatic carbocycles. The molecule has 2 aliphatic heterocycles. The molecule has 2 fully saturated rings. The van der Waals surface area contributed by atoms with Crippen molar-refractivity contribution in [3.05, 3.63) is 58.1 Å². The van der Waals surface area contributed by atoms with E-state index in [0.29, 0.717) is 18.6 Å². The third kappa shape index (κ3) is 2.90. The summed E-state index contributed by atoms with van der Waals surface area (Å²) in [5.41, 5.74) is 3.57. The third-order valence-corrected chi connectivity index (χ3v) is 9.64. The number of likely N-dealkylation sites (N-methyl/N-ethyl adjacent to an activating group) is 2. The Morgan fingerprint density at radius 2 is 2.00 bits per heavy atom. The number of ether oxygens (including phenoxy) is 1. The normalized spacial score (nSPS) is 33.7. The maximum absolute atomic E-state index is 13.4. The number of benzene rings is 2. The third-order valence-electron chi connectivity index (χ3n) is 9.64. The van der Waals surface area contributed by atoms with E-state index in [1.165, 1.54) is 5.56 Å². The lowest BCUT2D eigenvalue weighted by atomic mass is 9.47. The Balaban J connectivity index is 1.41. The summed E-state index contributed by atoms with van der Waals surface area (Å²) in [5, 5.41) is 23.2. The number of likely N-dealkylation sites (tertiary alicyclic amines) is 1. The minimum Gasteiger partial charge on any atom is -0.504 e. The van der Waals surface area contributed by atoms with Gasteiger partial charge in [0.15, 0.2) is 11.5 Å². The Morgan fingerprint density at radius 1 is 1.22 bits per heavy atom. The van der Waals surface area contributed by atoms with Gasteiger partial charge in [-0.1, -0.05) is 25.0 Å². The summed E-state index contributed by atoms with van der Waals surface area (Å²) >= 11 is 0. The van der Waals surface area contributed by atoms with Gasteiger partial charge in [-0.25, -0.2) is 0 Å². The number of carbonyl (C=O) groups is 1. The van der Waals surface area contributed by atoms with Crippen LogP contribution in [0.5, 0.6) is 11.5 Å². The van der Waals surface area contributed by atoms with E-state index in [-0.39, 0.29) is 29.7 Å². The standard InChI is InChI=1S/C30H34N2O4/c1-17-6-7-20(14-18(17)2)8-11-24(34)32(5)26-19(3)16-30(35)23-15-21-9-10-22(33)27-25(21)29(30,28(26)36-27)12-13-31(23)4/h6-7,9-10,14,19,23,26,28,33,35H,12-13,15-16H2,1-5H3/t19-,23-,26-,28+,29+,30-/m1/s1. The molecule has 1 amide bonds. The number of piperidine rings is 1. The molecule has 0 radical (unpaired) electrons. The fourth-order valence-electron chi connectivity index (χ4n) is 7.75. The minimum absolute atomic E-state index is 0.0162. The highest BCUT2D eigenvalue weighted by atomic mass is 16.5. The number of nitrogens with zero attached hydrogens (tertiary/aromatic N) is 2. The Bertz CT molecular complexity index is 1340. The second-order valence-electron chi connectivity index (χ2n) is 11.5. The Hall–Kier alpha value is -3.01. The minimum atomic E-state index is -0.998. The van der Waals surface area contributed by atoms with Gasteiger partial charge in [0.1, 0.15) is 6.10 Å². The fraction of sp³-hybridized carbons (Fsp3) is 0.500. The number of aryl methyl sites for hydroxylation is 2. The smallest absolute Gasteiger partial charge is 0.298 e. The van der Waals surface area contributed by atoms with Crippen LogP contribution in [0.2, 0.25) is 0 Å². The van der Waals surface area contributed by atoms with Crippen LogP contribution in [0.25, 0.3) is 0 Å². The van der Waals surface area contributed by atoms with Gasteiger partial charge in [-0.3, -0.25) is 4.79 Å². The average molecular weight is 487 g/mol. The van der Waals surface area contributed by atoms with Gasteiger partial charge in [0.2, 0.25) is 0 Å². The predicted octanol–water partition coefficient (Wildman–Crippen LogP) is 2.92. The number of amides is 1. The molecule has 6 nitrogen and oxygen atoms in total. The van der Waals surface area contributed by atoms with E-state index in [1.54, 1.807) is 18.0 Å². The van der Waals surface area contributed by atoms with Gasteiger partial charge >= 0.3 is 0 Å². The average Bonchev–Trinajstić information content (AvgIpc) is 3.18. The summed E-state index contributed by atoms with van der Waals surface area (Å²) in [4.78, 5) is 17.4. The van der Waals surface area contributed by atoms with Crippen molar-refractivity contribution < 1.29 is 19.7 Å². The first kappa shape index (κ1) is 23.4. The molecule has 188 valence electrons. The molecule has 1 spiro atoms. The van der Waals surface area contributed by atoms with Crippen LogP contribution in [0, 0.1) is 31.6 Å². The van der Waals surface area contributed by atoms with Crippen LogP contribution in [-0.4, -0.2) is 70.3 Å². The van der Waals surface area contributed by atoms with E-state index in [9.17, 15) is 15.0 Å². The zero-order chi connectivity index (χ0) is 25.6. The molecular weight excluding hydrogens is 452 g/mol. The van der Waals surface area contributed by atoms with Crippen LogP contribution in [0.15, 0.2) is 30.3 Å². The molecule has 36 heavy (non-hydrogen) atoms. The van der Waals surface area contributed by atoms with Crippen molar-refractivity contribution in [3.63, 3.8) is 0 Å². The summed E-state index contributed by atoms with van der Waals surface area (Å²) in [6.07, 6.45) is 1.54. The van der Waals surface area contributed by atoms with Gasteiger partial charge in [-0.05, 0) is 87.5 Å². The van der Waals surface area contributed by atoms with Gasteiger partial charge in [0.05, 0.1) is 17.1 Å². The van der Waals surface area contributed by atoms with Crippen molar-refractivity contribution in [3.8, 4) is 23.3 Å². The van der Waals surface area contributed by atoms with E-state index >= 15 is 0 Å². The van der Waals surface area contributed by atoms with Crippen LogP contribution >= 0.6 is 0 Å². The molecule has 2 N–H and O–H groups in total. The molecule has 2 aliphatic carbocycles. The van der Waals surface area contributed by atoms with Gasteiger partial charge in [0, 0.05) is 30.1 Å². The van der Waals surface area contributed by atoms with Gasteiger partial charge in [-0.2, -0.15) is 0 Å². The SMILES string of the molecule is Cc1ccc(C#CC(=O)N(C)[C@@H]2[C@H](C)C[C@@]3(O)[C@H]4Cc5ccc(O)c6c5[C@@]3(CCN4C)[C@H]2O6)cc1C. The lowest BCUT2D eigenvalue weighted by Gasteiger charge is -2.65. The Labute approximate surface area is 212 Å². The molecular formula is C30H34N2O4. The molecule has 2 aromatic rings. The van der Waals surface area contributed by atoms with Crippen molar-refractivity contribution in [2.75, 3.05) is 20.6 Å². The number of carbonyl (C=O) groups excluding carboxylic acids is 1. The van der Waals surface area contributed by atoms with Gasteiger partial charge in [0.25, 0.3) is 5.91 Å². The lowest BCUT2D eigenvalue weighted by molar-refractivity contribution is -0.208. The Kier molecular flexibility index (Phi) is 5.03. The highest BCUT2D eigenvalue weighted by molar-refractivity contribution is 5.94. The number of phenols is 1. The second-order valence-corrected chi connectivity index (χ2v) is 11.5. The quantitative estimate of drug-likeness (QED) is 0.607.